The first-order valence-electron chi connectivity index (χ1n) is 17.0. The second kappa shape index (κ2) is 17.1. The van der Waals surface area contributed by atoms with Crippen molar-refractivity contribution in [3.05, 3.63) is 172 Å². The van der Waals surface area contributed by atoms with E-state index in [4.69, 9.17) is 35.3 Å². The topological polar surface area (TPSA) is 107 Å². The van der Waals surface area contributed by atoms with Crippen LogP contribution in [-0.2, 0) is 55.7 Å². The molecule has 0 unspecified atom stereocenters. The summed E-state index contributed by atoms with van der Waals surface area (Å²) >= 11 is 6.72. The van der Waals surface area contributed by atoms with Crippen LogP contribution < -0.4 is 0 Å². The van der Waals surface area contributed by atoms with Gasteiger partial charge in [-0.15, -0.1) is 0 Å². The number of halogens is 2. The highest BCUT2D eigenvalue weighted by atomic mass is 35.5. The summed E-state index contributed by atoms with van der Waals surface area (Å²) in [5.41, 5.74) is 2.51. The Morgan fingerprint density at radius 3 is 1.73 bits per heavy atom. The first-order chi connectivity index (χ1) is 25.3. The van der Waals surface area contributed by atoms with Crippen LogP contribution in [0.25, 0.3) is 0 Å². The predicted molar refractivity (Wildman–Crippen MR) is 194 cm³/mol. The lowest BCUT2D eigenvalue weighted by molar-refractivity contribution is -0.417. The number of benzene rings is 5. The summed E-state index contributed by atoms with van der Waals surface area (Å²) in [5, 5.41) is 32.4. The summed E-state index contributed by atoms with van der Waals surface area (Å²) < 4.78 is 47.7. The van der Waals surface area contributed by atoms with E-state index >= 15 is 0 Å². The minimum atomic E-state index is -1.80. The van der Waals surface area contributed by atoms with E-state index in [2.05, 4.69) is 0 Å². The molecule has 0 saturated carbocycles. The molecule has 4 atom stereocenters. The summed E-state index contributed by atoms with van der Waals surface area (Å²) in [6, 6.07) is 38.1. The maximum absolute atomic E-state index is 14.3. The number of hydrogen-bond donors (Lipinski definition) is 3. The molecule has 10 heteroatoms. The molecule has 6 rings (SSSR count). The van der Waals surface area contributed by atoms with Crippen molar-refractivity contribution in [3.63, 3.8) is 0 Å². The van der Waals surface area contributed by atoms with Crippen molar-refractivity contribution in [2.75, 3.05) is 20.3 Å². The molecule has 1 aliphatic heterocycles. The van der Waals surface area contributed by atoms with E-state index in [-0.39, 0.29) is 26.2 Å². The minimum absolute atomic E-state index is 0.126. The Kier molecular flexibility index (Phi) is 12.4. The van der Waals surface area contributed by atoms with Crippen LogP contribution in [0.3, 0.4) is 0 Å². The van der Waals surface area contributed by atoms with Gasteiger partial charge in [0.05, 0.1) is 33.0 Å². The van der Waals surface area contributed by atoms with Crippen molar-refractivity contribution in [3.8, 4) is 5.75 Å². The molecule has 5 aromatic carbocycles. The Morgan fingerprint density at radius 2 is 1.21 bits per heavy atom. The highest BCUT2D eigenvalue weighted by Gasteiger charge is 2.64. The highest BCUT2D eigenvalue weighted by molar-refractivity contribution is 6.31. The zero-order chi connectivity index (χ0) is 36.6. The van der Waals surface area contributed by atoms with Crippen molar-refractivity contribution < 1.29 is 43.4 Å². The molecule has 8 nitrogen and oxygen atoms in total. The molecular weight excluding hydrogens is 687 g/mol. The van der Waals surface area contributed by atoms with E-state index in [1.54, 1.807) is 24.3 Å². The van der Waals surface area contributed by atoms with Crippen molar-refractivity contribution in [1.82, 2.24) is 0 Å². The molecule has 0 aromatic heterocycles. The molecule has 0 radical (unpaired) electrons. The van der Waals surface area contributed by atoms with E-state index in [1.165, 1.54) is 19.2 Å². The third-order valence-corrected chi connectivity index (χ3v) is 9.74. The van der Waals surface area contributed by atoms with Gasteiger partial charge in [-0.1, -0.05) is 115 Å². The fourth-order valence-corrected chi connectivity index (χ4v) is 6.79. The van der Waals surface area contributed by atoms with Gasteiger partial charge < -0.3 is 39.0 Å². The third kappa shape index (κ3) is 8.23. The van der Waals surface area contributed by atoms with Crippen molar-refractivity contribution >= 4 is 11.6 Å². The Bertz CT molecular complexity index is 1880. The summed E-state index contributed by atoms with van der Waals surface area (Å²) in [6.45, 7) is -0.904. The maximum atomic E-state index is 14.3. The normalized spacial score (nSPS) is 21.2. The number of rotatable bonds is 15. The second-order valence-corrected chi connectivity index (χ2v) is 13.2. The first kappa shape index (κ1) is 37.6. The van der Waals surface area contributed by atoms with Gasteiger partial charge in [0.2, 0.25) is 5.79 Å². The third-order valence-electron chi connectivity index (χ3n) is 9.37. The van der Waals surface area contributed by atoms with Crippen LogP contribution in [0.5, 0.6) is 5.75 Å². The van der Waals surface area contributed by atoms with Crippen LogP contribution >= 0.6 is 11.6 Å². The van der Waals surface area contributed by atoms with Gasteiger partial charge in [-0.3, -0.25) is 0 Å². The Balaban J connectivity index is 1.48. The fraction of sp³-hybridized carbons (Fsp3) is 0.286. The fourth-order valence-electron chi connectivity index (χ4n) is 6.61. The van der Waals surface area contributed by atoms with Crippen molar-refractivity contribution in [1.29, 1.82) is 0 Å². The zero-order valence-electron chi connectivity index (χ0n) is 28.7. The van der Waals surface area contributed by atoms with Crippen LogP contribution in [0.15, 0.2) is 127 Å². The second-order valence-electron chi connectivity index (χ2n) is 12.8. The quantitative estimate of drug-likeness (QED) is 0.105. The Labute approximate surface area is 307 Å². The van der Waals surface area contributed by atoms with E-state index in [0.717, 1.165) is 16.7 Å². The summed E-state index contributed by atoms with van der Waals surface area (Å²) in [7, 11) is 1.46. The minimum Gasteiger partial charge on any atom is -0.505 e. The van der Waals surface area contributed by atoms with Crippen LogP contribution in [0.2, 0.25) is 5.02 Å². The van der Waals surface area contributed by atoms with Gasteiger partial charge in [0, 0.05) is 17.7 Å². The number of aromatic hydroxyl groups is 1. The molecule has 1 fully saturated rings. The number of methoxy groups -OCH3 is 1. The Hall–Kier alpha value is -4.16. The van der Waals surface area contributed by atoms with E-state index in [1.807, 2.05) is 91.0 Å². The number of aliphatic hydroxyl groups is 2. The standard InChI is InChI=1S/C42H42ClFO8/c1-48-42(34-18-19-35(43)33(23-34)21-32-17-20-37(47)36(44)22-32)40(51-26-31-15-9-4-10-16-31)38(49-24-29-11-5-2-6-12-29)39(41(27-45,28-46)52-42)50-25-30-13-7-3-8-14-30/h2-20,22-23,38-40,45-47H,21,24-28H2,1H3/t38-,39-,40+,42-/m0/s1. The van der Waals surface area contributed by atoms with Gasteiger partial charge in [-0.25, -0.2) is 4.39 Å². The average molecular weight is 729 g/mol. The molecule has 0 aliphatic carbocycles. The number of aliphatic hydroxyl groups excluding tert-OH is 2. The lowest BCUT2D eigenvalue weighted by Gasteiger charge is -2.56. The van der Waals surface area contributed by atoms with Crippen LogP contribution in [-0.4, -0.2) is 59.6 Å². The van der Waals surface area contributed by atoms with Gasteiger partial charge in [0.25, 0.3) is 0 Å². The summed E-state index contributed by atoms with van der Waals surface area (Å²) in [4.78, 5) is 0. The molecule has 1 aliphatic rings. The number of hydrogen-bond acceptors (Lipinski definition) is 8. The number of phenols is 1. The van der Waals surface area contributed by atoms with Gasteiger partial charge >= 0.3 is 0 Å². The monoisotopic (exact) mass is 728 g/mol. The molecule has 1 saturated heterocycles. The average Bonchev–Trinajstić information content (AvgIpc) is 3.19. The molecule has 52 heavy (non-hydrogen) atoms. The number of phenolic OH excluding ortho intramolecular Hbond substituents is 1. The van der Waals surface area contributed by atoms with Crippen molar-refractivity contribution in [2.24, 2.45) is 0 Å². The highest BCUT2D eigenvalue weighted by Crippen LogP contribution is 2.48. The van der Waals surface area contributed by atoms with Gasteiger partial charge in [-0.05, 0) is 58.5 Å². The van der Waals surface area contributed by atoms with Crippen LogP contribution in [0.1, 0.15) is 33.4 Å². The van der Waals surface area contributed by atoms with E-state index < -0.39 is 54.5 Å². The number of ether oxygens (including phenoxy) is 5. The van der Waals surface area contributed by atoms with E-state index in [9.17, 15) is 19.7 Å². The summed E-state index contributed by atoms with van der Waals surface area (Å²) in [6.07, 6.45) is -2.87. The van der Waals surface area contributed by atoms with Gasteiger partial charge in [0.15, 0.2) is 11.6 Å². The zero-order valence-corrected chi connectivity index (χ0v) is 29.5. The molecule has 0 amide bonds. The smallest absolute Gasteiger partial charge is 0.225 e. The lowest BCUT2D eigenvalue weighted by Crippen LogP contribution is -2.72. The van der Waals surface area contributed by atoms with Crippen molar-refractivity contribution in [2.45, 2.75) is 55.9 Å². The molecule has 272 valence electrons. The maximum Gasteiger partial charge on any atom is 0.225 e. The van der Waals surface area contributed by atoms with Gasteiger partial charge in [0.1, 0.15) is 23.9 Å². The van der Waals surface area contributed by atoms with Crippen LogP contribution in [0, 0.1) is 5.82 Å². The van der Waals surface area contributed by atoms with Crippen LogP contribution in [0.4, 0.5) is 4.39 Å². The predicted octanol–water partition coefficient (Wildman–Crippen LogP) is 7.08. The lowest BCUT2D eigenvalue weighted by atomic mass is 9.80. The van der Waals surface area contributed by atoms with Gasteiger partial charge in [-0.2, -0.15) is 0 Å². The molecular formula is C42H42ClFO8. The largest absolute Gasteiger partial charge is 0.505 e. The SMILES string of the molecule is CO[C@@]1(c2ccc(Cl)c(Cc3ccc(O)c(F)c3)c2)OC(CO)(CO)[C@@H](OCc2ccccc2)[C@H](OCc2ccccc2)[C@H]1OCc1ccccc1. The molecule has 0 spiro atoms. The van der Waals surface area contributed by atoms with E-state index in [0.29, 0.717) is 21.7 Å². The molecule has 3 N–H and O–H groups in total. The molecule has 5 aromatic rings. The summed E-state index contributed by atoms with van der Waals surface area (Å²) in [5.74, 6) is -3.00. The first-order valence-corrected chi connectivity index (χ1v) is 17.4. The molecule has 0 bridgehead atoms. The molecule has 1 heterocycles. The Morgan fingerprint density at radius 1 is 0.673 bits per heavy atom.